The minimum absolute atomic E-state index is 0.239. The first kappa shape index (κ1) is 12.2. The van der Waals surface area contributed by atoms with E-state index in [9.17, 15) is 0 Å². The molecule has 1 aliphatic rings. The van der Waals surface area contributed by atoms with E-state index in [2.05, 4.69) is 27.0 Å². The van der Waals surface area contributed by atoms with Crippen molar-refractivity contribution in [1.29, 1.82) is 0 Å². The molecular weight excluding hydrogens is 260 g/mol. The van der Waals surface area contributed by atoms with Crippen LogP contribution >= 0.6 is 11.6 Å². The van der Waals surface area contributed by atoms with Crippen molar-refractivity contribution in [2.24, 2.45) is 0 Å². The summed E-state index contributed by atoms with van der Waals surface area (Å²) in [5, 5.41) is 0.239. The molecule has 5 heteroatoms. The van der Waals surface area contributed by atoms with E-state index in [0.29, 0.717) is 11.7 Å². The second-order valence-corrected chi connectivity index (χ2v) is 5.10. The van der Waals surface area contributed by atoms with E-state index >= 15 is 0 Å². The molecule has 0 amide bonds. The third kappa shape index (κ3) is 2.79. The van der Waals surface area contributed by atoms with Crippen LogP contribution in [-0.2, 0) is 6.54 Å². The highest BCUT2D eigenvalue weighted by atomic mass is 35.5. The molecule has 0 aliphatic heterocycles. The van der Waals surface area contributed by atoms with Crippen LogP contribution in [0.1, 0.15) is 18.4 Å². The first-order chi connectivity index (χ1) is 9.24. The highest BCUT2D eigenvalue weighted by Gasteiger charge is 2.31. The number of anilines is 2. The van der Waals surface area contributed by atoms with Crippen LogP contribution in [-0.4, -0.2) is 16.0 Å². The highest BCUT2D eigenvalue weighted by Crippen LogP contribution is 2.34. The lowest BCUT2D eigenvalue weighted by molar-refractivity contribution is 0.777. The molecule has 1 aromatic carbocycles. The number of nitrogen functional groups attached to an aromatic ring is 1. The zero-order valence-electron chi connectivity index (χ0n) is 10.5. The molecule has 0 radical (unpaired) electrons. The summed E-state index contributed by atoms with van der Waals surface area (Å²) in [4.78, 5) is 10.4. The minimum atomic E-state index is 0.239. The topological polar surface area (TPSA) is 55.0 Å². The van der Waals surface area contributed by atoms with Gasteiger partial charge in [0.1, 0.15) is 0 Å². The molecule has 0 saturated heterocycles. The summed E-state index contributed by atoms with van der Waals surface area (Å²) in [5.74, 6) is 0.742. The summed E-state index contributed by atoms with van der Waals surface area (Å²) in [6.45, 7) is 0.795. The van der Waals surface area contributed by atoms with Crippen molar-refractivity contribution in [3.63, 3.8) is 0 Å². The Morgan fingerprint density at radius 1 is 1.26 bits per heavy atom. The Balaban J connectivity index is 1.91. The standard InChI is InChI=1S/C14H15ClN4/c15-14-17-8-12(16)13(18-14)19(11-6-7-11)9-10-4-2-1-3-5-10/h1-5,8,11H,6-7,9,16H2. The fraction of sp³-hybridized carbons (Fsp3) is 0.286. The van der Waals surface area contributed by atoms with Gasteiger partial charge in [-0.15, -0.1) is 0 Å². The second kappa shape index (κ2) is 5.05. The van der Waals surface area contributed by atoms with Gasteiger partial charge in [-0.1, -0.05) is 30.3 Å². The van der Waals surface area contributed by atoms with Gasteiger partial charge in [0.15, 0.2) is 5.82 Å². The number of benzene rings is 1. The fourth-order valence-electron chi connectivity index (χ4n) is 2.13. The van der Waals surface area contributed by atoms with Crippen LogP contribution in [0.15, 0.2) is 36.5 Å². The van der Waals surface area contributed by atoms with Crippen molar-refractivity contribution in [3.05, 3.63) is 47.4 Å². The summed E-state index contributed by atoms with van der Waals surface area (Å²) in [6, 6.07) is 10.8. The average molecular weight is 275 g/mol. The predicted octanol–water partition coefficient (Wildman–Crippen LogP) is 2.88. The van der Waals surface area contributed by atoms with Crippen molar-refractivity contribution < 1.29 is 0 Å². The third-order valence-electron chi connectivity index (χ3n) is 3.22. The molecule has 1 fully saturated rings. The number of hydrogen-bond donors (Lipinski definition) is 1. The molecular formula is C14H15ClN4. The van der Waals surface area contributed by atoms with Crippen LogP contribution in [0, 0.1) is 0 Å². The van der Waals surface area contributed by atoms with Crippen molar-refractivity contribution in [2.75, 3.05) is 10.6 Å². The fourth-order valence-corrected chi connectivity index (χ4v) is 2.26. The minimum Gasteiger partial charge on any atom is -0.394 e. The highest BCUT2D eigenvalue weighted by molar-refractivity contribution is 6.28. The summed E-state index contributed by atoms with van der Waals surface area (Å²) >= 11 is 5.88. The van der Waals surface area contributed by atoms with E-state index in [0.717, 1.165) is 12.4 Å². The Labute approximate surface area is 117 Å². The smallest absolute Gasteiger partial charge is 0.224 e. The summed E-state index contributed by atoms with van der Waals surface area (Å²) in [7, 11) is 0. The summed E-state index contributed by atoms with van der Waals surface area (Å²) in [6.07, 6.45) is 3.92. The van der Waals surface area contributed by atoms with Crippen LogP contribution in [0.3, 0.4) is 0 Å². The zero-order valence-corrected chi connectivity index (χ0v) is 11.2. The normalized spacial score (nSPS) is 14.4. The molecule has 0 atom stereocenters. The average Bonchev–Trinajstić information content (AvgIpc) is 3.25. The molecule has 19 heavy (non-hydrogen) atoms. The van der Waals surface area contributed by atoms with Gasteiger partial charge in [-0.3, -0.25) is 0 Å². The first-order valence-electron chi connectivity index (χ1n) is 6.32. The molecule has 3 rings (SSSR count). The molecule has 98 valence electrons. The van der Waals surface area contributed by atoms with Gasteiger partial charge < -0.3 is 10.6 Å². The van der Waals surface area contributed by atoms with Crippen LogP contribution in [0.4, 0.5) is 11.5 Å². The maximum atomic E-state index is 5.98. The van der Waals surface area contributed by atoms with Gasteiger partial charge >= 0.3 is 0 Å². The molecule has 2 aromatic rings. The second-order valence-electron chi connectivity index (χ2n) is 4.76. The Hall–Kier alpha value is -1.81. The number of halogens is 1. The zero-order chi connectivity index (χ0) is 13.2. The Morgan fingerprint density at radius 2 is 2.00 bits per heavy atom. The third-order valence-corrected chi connectivity index (χ3v) is 3.40. The Bertz CT molecular complexity index is 569. The molecule has 1 heterocycles. The molecule has 2 N–H and O–H groups in total. The van der Waals surface area contributed by atoms with Crippen LogP contribution in [0.25, 0.3) is 0 Å². The SMILES string of the molecule is Nc1cnc(Cl)nc1N(Cc1ccccc1)C1CC1. The van der Waals surface area contributed by atoms with Crippen LogP contribution < -0.4 is 10.6 Å². The van der Waals surface area contributed by atoms with Gasteiger partial charge in [-0.2, -0.15) is 4.98 Å². The molecule has 4 nitrogen and oxygen atoms in total. The van der Waals surface area contributed by atoms with Gasteiger partial charge in [0, 0.05) is 12.6 Å². The molecule has 0 unspecified atom stereocenters. The lowest BCUT2D eigenvalue weighted by Crippen LogP contribution is -2.27. The maximum absolute atomic E-state index is 5.98. The van der Waals surface area contributed by atoms with Gasteiger partial charge in [-0.05, 0) is 30.0 Å². The van der Waals surface area contributed by atoms with Crippen molar-refractivity contribution >= 4 is 23.1 Å². The van der Waals surface area contributed by atoms with Crippen molar-refractivity contribution in [1.82, 2.24) is 9.97 Å². The quantitative estimate of drug-likeness (QED) is 0.871. The van der Waals surface area contributed by atoms with E-state index in [-0.39, 0.29) is 5.28 Å². The molecule has 1 aliphatic carbocycles. The number of rotatable bonds is 4. The molecule has 0 spiro atoms. The lowest BCUT2D eigenvalue weighted by atomic mass is 10.2. The molecule has 1 aromatic heterocycles. The largest absolute Gasteiger partial charge is 0.394 e. The van der Waals surface area contributed by atoms with Gasteiger partial charge in [-0.25, -0.2) is 4.98 Å². The van der Waals surface area contributed by atoms with Gasteiger partial charge in [0.2, 0.25) is 5.28 Å². The van der Waals surface area contributed by atoms with Crippen molar-refractivity contribution in [3.8, 4) is 0 Å². The maximum Gasteiger partial charge on any atom is 0.224 e. The van der Waals surface area contributed by atoms with E-state index < -0.39 is 0 Å². The monoisotopic (exact) mass is 274 g/mol. The number of nitrogens with zero attached hydrogens (tertiary/aromatic N) is 3. The predicted molar refractivity (Wildman–Crippen MR) is 77.1 cm³/mol. The van der Waals surface area contributed by atoms with Gasteiger partial charge in [0.05, 0.1) is 11.9 Å². The van der Waals surface area contributed by atoms with Crippen molar-refractivity contribution in [2.45, 2.75) is 25.4 Å². The summed E-state index contributed by atoms with van der Waals surface area (Å²) in [5.41, 5.74) is 7.80. The number of hydrogen-bond acceptors (Lipinski definition) is 4. The van der Waals surface area contributed by atoms with Crippen LogP contribution in [0.5, 0.6) is 0 Å². The molecule has 1 saturated carbocycles. The number of nitrogens with two attached hydrogens (primary N) is 1. The van der Waals surface area contributed by atoms with E-state index in [4.69, 9.17) is 17.3 Å². The van der Waals surface area contributed by atoms with Crippen LogP contribution in [0.2, 0.25) is 5.28 Å². The van der Waals surface area contributed by atoms with Gasteiger partial charge in [0.25, 0.3) is 0 Å². The Morgan fingerprint density at radius 3 is 2.68 bits per heavy atom. The lowest BCUT2D eigenvalue weighted by Gasteiger charge is -2.24. The summed E-state index contributed by atoms with van der Waals surface area (Å²) < 4.78 is 0. The van der Waals surface area contributed by atoms with E-state index in [1.165, 1.54) is 18.4 Å². The van der Waals surface area contributed by atoms with E-state index in [1.807, 2.05) is 18.2 Å². The molecule has 0 bridgehead atoms. The number of aromatic nitrogens is 2. The Kier molecular flexibility index (Phi) is 3.25. The van der Waals surface area contributed by atoms with E-state index in [1.54, 1.807) is 6.20 Å². The first-order valence-corrected chi connectivity index (χ1v) is 6.70.